The summed E-state index contributed by atoms with van der Waals surface area (Å²) in [4.78, 5) is 21.9. The molecule has 0 atom stereocenters. The van der Waals surface area contributed by atoms with Gasteiger partial charge in [0.2, 0.25) is 0 Å². The van der Waals surface area contributed by atoms with E-state index in [0.29, 0.717) is 0 Å². The van der Waals surface area contributed by atoms with E-state index < -0.39 is 0 Å². The number of thioether (sulfide) groups is 1. The molecule has 5 heteroatoms. The summed E-state index contributed by atoms with van der Waals surface area (Å²) in [5.41, 5.74) is 2.12. The van der Waals surface area contributed by atoms with Crippen LogP contribution in [0.1, 0.15) is 42.5 Å². The normalized spacial score (nSPS) is 21.9. The van der Waals surface area contributed by atoms with Gasteiger partial charge in [-0.15, -0.1) is 11.3 Å². The number of nitrogens with zero attached hydrogens (tertiary/aromatic N) is 2. The Balaban J connectivity index is 1.70. The molecule has 0 spiro atoms. The molecule has 0 bridgehead atoms. The number of aliphatic imine (C=N–C) groups is 1. The van der Waals surface area contributed by atoms with Crippen LogP contribution < -0.4 is 0 Å². The van der Waals surface area contributed by atoms with Crippen LogP contribution in [0.4, 0.5) is 5.69 Å². The van der Waals surface area contributed by atoms with Gasteiger partial charge in [-0.25, -0.2) is 4.99 Å². The van der Waals surface area contributed by atoms with Gasteiger partial charge >= 0.3 is 0 Å². The lowest BCUT2D eigenvalue weighted by Crippen LogP contribution is -2.40. The molecule has 1 amide bonds. The number of thiophene rings is 1. The molecule has 2 aromatic rings. The van der Waals surface area contributed by atoms with Crippen LogP contribution >= 0.6 is 23.1 Å². The predicted molar refractivity (Wildman–Crippen MR) is 112 cm³/mol. The SMILES string of the molecule is Cc1ccsc1/C=C1\SC(=Nc2ccccc2)N(C2CCCCC2)C1=O. The van der Waals surface area contributed by atoms with Crippen molar-refractivity contribution in [2.75, 3.05) is 0 Å². The Morgan fingerprint density at radius 2 is 1.88 bits per heavy atom. The monoisotopic (exact) mass is 382 g/mol. The Bertz CT molecular complexity index is 848. The van der Waals surface area contributed by atoms with E-state index in [2.05, 4.69) is 18.4 Å². The van der Waals surface area contributed by atoms with Gasteiger partial charge in [-0.3, -0.25) is 9.69 Å². The van der Waals surface area contributed by atoms with Crippen molar-refractivity contribution in [1.82, 2.24) is 4.90 Å². The molecule has 1 aromatic heterocycles. The number of aryl methyl sites for hydroxylation is 1. The molecule has 26 heavy (non-hydrogen) atoms. The van der Waals surface area contributed by atoms with E-state index in [1.165, 1.54) is 36.6 Å². The summed E-state index contributed by atoms with van der Waals surface area (Å²) in [5.74, 6) is 0.115. The molecule has 1 aliphatic carbocycles. The van der Waals surface area contributed by atoms with Crippen molar-refractivity contribution in [2.45, 2.75) is 45.1 Å². The number of rotatable bonds is 3. The van der Waals surface area contributed by atoms with Crippen LogP contribution in [0.15, 0.2) is 51.7 Å². The second-order valence-electron chi connectivity index (χ2n) is 6.78. The summed E-state index contributed by atoms with van der Waals surface area (Å²) in [6, 6.07) is 12.3. The van der Waals surface area contributed by atoms with Gasteiger partial charge in [-0.05, 0) is 66.7 Å². The molecule has 2 heterocycles. The standard InChI is InChI=1S/C21H22N2OS2/c1-15-12-13-25-18(15)14-19-20(24)23(17-10-6-3-7-11-17)21(26-19)22-16-8-4-2-5-9-16/h2,4-5,8-9,12-14,17H,3,6-7,10-11H2,1H3/b19-14-,22-21?. The average molecular weight is 383 g/mol. The smallest absolute Gasteiger partial charge is 0.267 e. The minimum Gasteiger partial charge on any atom is -0.283 e. The molecule has 4 rings (SSSR count). The molecule has 1 aromatic carbocycles. The lowest BCUT2D eigenvalue weighted by Gasteiger charge is -2.30. The van der Waals surface area contributed by atoms with Gasteiger partial charge in [-0.2, -0.15) is 0 Å². The second-order valence-corrected chi connectivity index (χ2v) is 8.73. The summed E-state index contributed by atoms with van der Waals surface area (Å²) in [6.07, 6.45) is 7.85. The molecule has 0 N–H and O–H groups in total. The van der Waals surface area contributed by atoms with E-state index in [1.54, 1.807) is 11.3 Å². The van der Waals surface area contributed by atoms with Crippen LogP contribution in [0.5, 0.6) is 0 Å². The van der Waals surface area contributed by atoms with E-state index in [-0.39, 0.29) is 11.9 Å². The van der Waals surface area contributed by atoms with E-state index >= 15 is 0 Å². The average Bonchev–Trinajstić information content (AvgIpc) is 3.20. The third-order valence-electron chi connectivity index (χ3n) is 4.92. The highest BCUT2D eigenvalue weighted by atomic mass is 32.2. The van der Waals surface area contributed by atoms with Crippen LogP contribution in [0.3, 0.4) is 0 Å². The highest BCUT2D eigenvalue weighted by Crippen LogP contribution is 2.39. The summed E-state index contributed by atoms with van der Waals surface area (Å²) >= 11 is 3.20. The number of amides is 1. The summed E-state index contributed by atoms with van der Waals surface area (Å²) in [5, 5.41) is 2.90. The van der Waals surface area contributed by atoms with Crippen molar-refractivity contribution in [3.8, 4) is 0 Å². The lowest BCUT2D eigenvalue weighted by atomic mass is 9.94. The Labute approximate surface area is 162 Å². The van der Waals surface area contributed by atoms with E-state index in [0.717, 1.165) is 33.5 Å². The number of para-hydroxylation sites is 1. The van der Waals surface area contributed by atoms with Gasteiger partial charge < -0.3 is 0 Å². The fraction of sp³-hybridized carbons (Fsp3) is 0.333. The highest BCUT2D eigenvalue weighted by molar-refractivity contribution is 8.18. The number of amidine groups is 1. The predicted octanol–water partition coefficient (Wildman–Crippen LogP) is 5.99. The van der Waals surface area contributed by atoms with E-state index in [1.807, 2.05) is 41.3 Å². The molecular weight excluding hydrogens is 360 g/mol. The molecule has 134 valence electrons. The first-order chi connectivity index (χ1) is 12.7. The fourth-order valence-electron chi connectivity index (χ4n) is 3.49. The largest absolute Gasteiger partial charge is 0.283 e. The number of carbonyl (C=O) groups excluding carboxylic acids is 1. The third kappa shape index (κ3) is 3.64. The molecule has 1 saturated carbocycles. The lowest BCUT2D eigenvalue weighted by molar-refractivity contribution is -0.124. The van der Waals surface area contributed by atoms with Gasteiger partial charge in [0.05, 0.1) is 10.6 Å². The first-order valence-electron chi connectivity index (χ1n) is 9.13. The van der Waals surface area contributed by atoms with Gasteiger partial charge in [0, 0.05) is 10.9 Å². The number of hydrogen-bond donors (Lipinski definition) is 0. The first kappa shape index (κ1) is 17.6. The van der Waals surface area contributed by atoms with E-state index in [9.17, 15) is 4.79 Å². The second kappa shape index (κ2) is 7.80. The zero-order valence-electron chi connectivity index (χ0n) is 14.9. The van der Waals surface area contributed by atoms with Crippen LogP contribution in [0.25, 0.3) is 6.08 Å². The summed E-state index contributed by atoms with van der Waals surface area (Å²) < 4.78 is 0. The molecule has 3 nitrogen and oxygen atoms in total. The quantitative estimate of drug-likeness (QED) is 0.611. The first-order valence-corrected chi connectivity index (χ1v) is 10.8. The van der Waals surface area contributed by atoms with Crippen molar-refractivity contribution < 1.29 is 4.79 Å². The number of carbonyl (C=O) groups is 1. The Hall–Kier alpha value is -1.85. The molecular formula is C21H22N2OS2. The molecule has 2 fully saturated rings. The van der Waals surface area contributed by atoms with Gasteiger partial charge in [0.1, 0.15) is 0 Å². The maximum absolute atomic E-state index is 13.2. The summed E-state index contributed by atoms with van der Waals surface area (Å²) in [6.45, 7) is 2.09. The van der Waals surface area contributed by atoms with Crippen molar-refractivity contribution in [3.05, 3.63) is 57.1 Å². The highest BCUT2D eigenvalue weighted by Gasteiger charge is 2.38. The zero-order valence-corrected chi connectivity index (χ0v) is 16.5. The maximum Gasteiger partial charge on any atom is 0.267 e. The molecule has 1 aliphatic heterocycles. The zero-order chi connectivity index (χ0) is 17.9. The Morgan fingerprint density at radius 1 is 1.12 bits per heavy atom. The fourth-order valence-corrected chi connectivity index (χ4v) is 5.46. The third-order valence-corrected chi connectivity index (χ3v) is 6.87. The van der Waals surface area contributed by atoms with Gasteiger partial charge in [0.15, 0.2) is 5.17 Å². The molecule has 0 radical (unpaired) electrons. The van der Waals surface area contributed by atoms with Crippen LogP contribution in [-0.4, -0.2) is 22.0 Å². The van der Waals surface area contributed by atoms with Gasteiger partial charge in [-0.1, -0.05) is 37.5 Å². The maximum atomic E-state index is 13.2. The molecule has 1 saturated heterocycles. The Kier molecular flexibility index (Phi) is 5.27. The van der Waals surface area contributed by atoms with Crippen LogP contribution in [0.2, 0.25) is 0 Å². The van der Waals surface area contributed by atoms with Crippen LogP contribution in [0, 0.1) is 6.92 Å². The van der Waals surface area contributed by atoms with Crippen molar-refractivity contribution in [2.24, 2.45) is 4.99 Å². The van der Waals surface area contributed by atoms with Gasteiger partial charge in [0.25, 0.3) is 5.91 Å². The van der Waals surface area contributed by atoms with Crippen LogP contribution in [-0.2, 0) is 4.79 Å². The Morgan fingerprint density at radius 3 is 2.58 bits per heavy atom. The summed E-state index contributed by atoms with van der Waals surface area (Å²) in [7, 11) is 0. The van der Waals surface area contributed by atoms with E-state index in [4.69, 9.17) is 4.99 Å². The minimum atomic E-state index is 0.115. The topological polar surface area (TPSA) is 32.7 Å². The molecule has 0 unspecified atom stereocenters. The van der Waals surface area contributed by atoms with Crippen molar-refractivity contribution in [3.63, 3.8) is 0 Å². The van der Waals surface area contributed by atoms with Crippen molar-refractivity contribution >= 4 is 45.9 Å². The van der Waals surface area contributed by atoms with Crippen molar-refractivity contribution in [1.29, 1.82) is 0 Å². The molecule has 2 aliphatic rings. The number of hydrogen-bond acceptors (Lipinski definition) is 4. The number of benzene rings is 1. The minimum absolute atomic E-state index is 0.115.